The molecule has 0 aliphatic carbocycles. The average Bonchev–Trinajstić information content (AvgIpc) is 3.38. The lowest BCUT2D eigenvalue weighted by Crippen LogP contribution is -2.59. The lowest BCUT2D eigenvalue weighted by atomic mass is 10.00. The van der Waals surface area contributed by atoms with Crippen molar-refractivity contribution in [2.45, 2.75) is 55.2 Å². The normalized spacial score (nSPS) is 36.6. The van der Waals surface area contributed by atoms with Crippen LogP contribution in [0, 0.1) is 0 Å². The van der Waals surface area contributed by atoms with Crippen molar-refractivity contribution in [2.75, 3.05) is 18.9 Å². The minimum Gasteiger partial charge on any atom is -0.756 e. The van der Waals surface area contributed by atoms with E-state index in [2.05, 4.69) is 28.3 Å². The summed E-state index contributed by atoms with van der Waals surface area (Å²) in [6, 6.07) is 0. The first-order valence-electron chi connectivity index (χ1n) is 10.8. The molecule has 2 aromatic rings. The van der Waals surface area contributed by atoms with Crippen LogP contribution in [0.2, 0.25) is 0 Å². The Kier molecular flexibility index (Phi) is 8.60. The van der Waals surface area contributed by atoms with Crippen LogP contribution in [-0.4, -0.2) is 112 Å². The summed E-state index contributed by atoms with van der Waals surface area (Å²) < 4.78 is 48.1. The van der Waals surface area contributed by atoms with E-state index in [0.29, 0.717) is 0 Å². The Morgan fingerprint density at radius 3 is 2.36 bits per heavy atom. The predicted octanol–water partition coefficient (Wildman–Crippen LogP) is -5.89. The Balaban J connectivity index is 1.39. The molecule has 2 aliphatic heterocycles. The summed E-state index contributed by atoms with van der Waals surface area (Å²) in [5, 5.41) is 59.1. The SMILES string of the molecule is Nc1nc2c(ncn2[C@@H]2O[C@H](COP(=O)([O-])OP(=O)([O-])O[C@H]3O[C@H](CO)[C@@H](O)[C@H](O)[C@@H]3O)[C@@H](O)[C@H]2O)c(=O)[nH]1. The maximum atomic E-state index is 12.1. The van der Waals surface area contributed by atoms with Crippen LogP contribution in [0.15, 0.2) is 11.1 Å². The molecule has 9 N–H and O–H groups in total. The van der Waals surface area contributed by atoms with Gasteiger partial charge >= 0.3 is 0 Å². The molecule has 2 aromatic heterocycles. The van der Waals surface area contributed by atoms with Crippen LogP contribution in [-0.2, 0) is 32.0 Å². The first-order chi connectivity index (χ1) is 18.1. The number of aliphatic hydroxyl groups is 6. The predicted molar refractivity (Wildman–Crippen MR) is 116 cm³/mol. The molecule has 2 aliphatic rings. The van der Waals surface area contributed by atoms with Crippen molar-refractivity contribution in [1.82, 2.24) is 19.5 Å². The Morgan fingerprint density at radius 2 is 1.69 bits per heavy atom. The third kappa shape index (κ3) is 6.22. The van der Waals surface area contributed by atoms with E-state index in [1.54, 1.807) is 0 Å². The minimum absolute atomic E-state index is 0.135. The van der Waals surface area contributed by atoms with Crippen LogP contribution in [0.25, 0.3) is 11.2 Å². The number of ether oxygens (including phenoxy) is 2. The molecule has 4 heterocycles. The number of nitrogens with two attached hydrogens (primary N) is 1. The number of phosphoric ester groups is 2. The summed E-state index contributed by atoms with van der Waals surface area (Å²) in [6.07, 6.45) is -15.5. The number of hydrogen-bond acceptors (Lipinski definition) is 19. The molecule has 0 aromatic carbocycles. The van der Waals surface area contributed by atoms with Crippen LogP contribution in [0.3, 0.4) is 0 Å². The molecule has 0 saturated carbocycles. The van der Waals surface area contributed by atoms with Gasteiger partial charge in [0.15, 0.2) is 23.7 Å². The molecule has 2 unspecified atom stereocenters. The van der Waals surface area contributed by atoms with E-state index in [-0.39, 0.29) is 17.1 Å². The fourth-order valence-corrected chi connectivity index (χ4v) is 5.92. The molecule has 2 fully saturated rings. The fraction of sp³-hybridized carbons (Fsp3) is 0.688. The van der Waals surface area contributed by atoms with Crippen LogP contribution in [0.1, 0.15) is 6.23 Å². The summed E-state index contributed by atoms with van der Waals surface area (Å²) >= 11 is 0. The molecule has 23 heteroatoms. The Bertz CT molecular complexity index is 1340. The lowest BCUT2D eigenvalue weighted by Gasteiger charge is -2.41. The summed E-state index contributed by atoms with van der Waals surface area (Å²) in [5.74, 6) is -0.292. The molecule has 21 nitrogen and oxygen atoms in total. The van der Waals surface area contributed by atoms with Gasteiger partial charge in [0.2, 0.25) is 5.95 Å². The first kappa shape index (κ1) is 30.1. The number of aromatic amines is 1. The number of rotatable bonds is 9. The Labute approximate surface area is 216 Å². The summed E-state index contributed by atoms with van der Waals surface area (Å²) in [4.78, 5) is 46.1. The number of imidazole rings is 1. The summed E-state index contributed by atoms with van der Waals surface area (Å²) in [7, 11) is -11.7. The largest absolute Gasteiger partial charge is 0.756 e. The zero-order chi connectivity index (χ0) is 28.9. The topological polar surface area (TPSA) is 337 Å². The molecule has 0 spiro atoms. The number of nitrogen functional groups attached to an aromatic ring is 1. The van der Waals surface area contributed by atoms with Gasteiger partial charge in [-0.25, -0.2) is 9.29 Å². The maximum Gasteiger partial charge on any atom is 0.280 e. The number of hydrogen-bond donors (Lipinski definition) is 8. The van der Waals surface area contributed by atoms with Gasteiger partial charge in [-0.15, -0.1) is 0 Å². The van der Waals surface area contributed by atoms with Crippen molar-refractivity contribution in [3.63, 3.8) is 0 Å². The standard InChI is InChI=1S/C16H25N5O16P2/c17-16-19-12-6(13(28)20-16)18-3-21(12)14-10(26)8(24)5(34-14)2-33-38(29,30)37-39(31,32)36-15-11(27)9(25)7(23)4(1-22)35-15/h3-5,7-11,14-15,22-27H,1-2H2,(H,29,30)(H,31,32)(H3,17,19,20,28)/p-2/t4-,5-,7-,8-,9+,10-,11+,14-,15-/m1/s1. The van der Waals surface area contributed by atoms with E-state index in [9.17, 15) is 49.2 Å². The van der Waals surface area contributed by atoms with Gasteiger partial charge in [0, 0.05) is 0 Å². The van der Waals surface area contributed by atoms with E-state index in [0.717, 1.165) is 10.9 Å². The van der Waals surface area contributed by atoms with Gasteiger partial charge in [-0.3, -0.25) is 28.0 Å². The lowest BCUT2D eigenvalue weighted by molar-refractivity contribution is -0.305. The van der Waals surface area contributed by atoms with E-state index in [1.165, 1.54) is 0 Å². The molecule has 220 valence electrons. The van der Waals surface area contributed by atoms with Gasteiger partial charge in [0.25, 0.3) is 21.2 Å². The molecule has 4 rings (SSSR count). The number of nitrogens with zero attached hydrogens (tertiary/aromatic N) is 3. The van der Waals surface area contributed by atoms with E-state index in [1.807, 2.05) is 0 Å². The highest BCUT2D eigenvalue weighted by Crippen LogP contribution is 2.57. The van der Waals surface area contributed by atoms with Gasteiger partial charge in [-0.1, -0.05) is 0 Å². The third-order valence-corrected chi connectivity index (χ3v) is 8.27. The molecular weight excluding hydrogens is 580 g/mol. The number of phosphoric acid groups is 2. The highest BCUT2D eigenvalue weighted by molar-refractivity contribution is 7.59. The van der Waals surface area contributed by atoms with E-state index < -0.39 is 89.7 Å². The molecule has 0 bridgehead atoms. The average molecular weight is 603 g/mol. The van der Waals surface area contributed by atoms with Crippen molar-refractivity contribution in [2.24, 2.45) is 0 Å². The molecule has 2 saturated heterocycles. The fourth-order valence-electron chi connectivity index (χ4n) is 3.84. The number of fused-ring (bicyclic) bond motifs is 1. The number of H-pyrrole nitrogens is 1. The second kappa shape index (κ2) is 11.2. The van der Waals surface area contributed by atoms with E-state index in [4.69, 9.17) is 20.3 Å². The van der Waals surface area contributed by atoms with Crippen LogP contribution < -0.4 is 21.1 Å². The van der Waals surface area contributed by atoms with Gasteiger partial charge in [0.05, 0.1) is 19.5 Å². The molecule has 11 atom stereocenters. The quantitative estimate of drug-likeness (QED) is 0.124. The van der Waals surface area contributed by atoms with Crippen LogP contribution in [0.4, 0.5) is 5.95 Å². The van der Waals surface area contributed by atoms with Gasteiger partial charge in [-0.2, -0.15) is 4.98 Å². The number of aliphatic hydroxyl groups excluding tert-OH is 6. The van der Waals surface area contributed by atoms with Gasteiger partial charge < -0.3 is 60.2 Å². The number of nitrogens with one attached hydrogen (secondary N) is 1. The zero-order valence-corrected chi connectivity index (χ0v) is 21.1. The minimum atomic E-state index is -5.91. The van der Waals surface area contributed by atoms with Crippen LogP contribution >= 0.6 is 15.6 Å². The molecule has 0 radical (unpaired) electrons. The van der Waals surface area contributed by atoms with E-state index >= 15 is 0 Å². The van der Waals surface area contributed by atoms with Crippen molar-refractivity contribution >= 4 is 32.8 Å². The highest BCUT2D eigenvalue weighted by Gasteiger charge is 2.47. The maximum absolute atomic E-state index is 12.1. The van der Waals surface area contributed by atoms with Crippen molar-refractivity contribution in [3.05, 3.63) is 16.7 Å². The van der Waals surface area contributed by atoms with Crippen molar-refractivity contribution in [3.8, 4) is 0 Å². The zero-order valence-electron chi connectivity index (χ0n) is 19.3. The number of anilines is 1. The second-order valence-electron chi connectivity index (χ2n) is 8.40. The smallest absolute Gasteiger partial charge is 0.280 e. The summed E-state index contributed by atoms with van der Waals surface area (Å²) in [6.45, 7) is -2.01. The molecule has 0 amide bonds. The van der Waals surface area contributed by atoms with Crippen molar-refractivity contribution < 1.29 is 72.4 Å². The highest BCUT2D eigenvalue weighted by atomic mass is 31.3. The van der Waals surface area contributed by atoms with Crippen molar-refractivity contribution in [1.29, 1.82) is 0 Å². The molecule has 39 heavy (non-hydrogen) atoms. The van der Waals surface area contributed by atoms with Gasteiger partial charge in [-0.05, 0) is 0 Å². The van der Waals surface area contributed by atoms with Crippen LogP contribution in [0.5, 0.6) is 0 Å². The Morgan fingerprint density at radius 1 is 1.03 bits per heavy atom. The first-order valence-corrected chi connectivity index (χ1v) is 13.8. The second-order valence-corrected chi connectivity index (χ2v) is 11.3. The molecular formula is C16H23N5O16P2-2. The Hall–Kier alpha value is -1.91. The summed E-state index contributed by atoms with van der Waals surface area (Å²) in [5.41, 5.74) is 4.48. The monoisotopic (exact) mass is 603 g/mol. The third-order valence-electron chi connectivity index (χ3n) is 5.74. The number of aromatic nitrogens is 4. The van der Waals surface area contributed by atoms with Gasteiger partial charge in [0.1, 0.15) is 42.7 Å².